The van der Waals surface area contributed by atoms with Crippen molar-refractivity contribution in [2.75, 3.05) is 0 Å². The second-order valence-electron chi connectivity index (χ2n) is 1.99. The number of carboxylic acid groups (broad SMARTS) is 1. The zero-order valence-electron chi connectivity index (χ0n) is 6.88. The lowest BCUT2D eigenvalue weighted by Gasteiger charge is -2.04. The first-order valence-electron chi connectivity index (χ1n) is 3.13. The van der Waals surface area contributed by atoms with Gasteiger partial charge < -0.3 is 9.84 Å². The van der Waals surface area contributed by atoms with E-state index in [9.17, 15) is 9.59 Å². The topological polar surface area (TPSA) is 101 Å². The van der Waals surface area contributed by atoms with E-state index in [0.717, 1.165) is 0 Å². The lowest BCUT2D eigenvalue weighted by molar-refractivity contribution is -0.600. The summed E-state index contributed by atoms with van der Waals surface area (Å²) in [4.78, 5) is 27.2. The molecule has 0 amide bonds. The van der Waals surface area contributed by atoms with Gasteiger partial charge in [0.05, 0.1) is 6.10 Å². The van der Waals surface area contributed by atoms with Crippen LogP contribution in [0, 0.1) is 0 Å². The van der Waals surface area contributed by atoms with Gasteiger partial charge in [-0.2, -0.15) is 0 Å². The van der Waals surface area contributed by atoms with Crippen molar-refractivity contribution in [3.8, 4) is 0 Å². The summed E-state index contributed by atoms with van der Waals surface area (Å²) in [6.07, 6.45) is -3.32. The molecule has 0 atom stereocenters. The highest BCUT2D eigenvalue weighted by Gasteiger charge is 2.09. The lowest BCUT2D eigenvalue weighted by Crippen LogP contribution is -2.14. The average molecular weight is 196 g/mol. The van der Waals surface area contributed by atoms with Gasteiger partial charge in [0, 0.05) is 10.1 Å². The Balaban J connectivity index is 3.32. The molecule has 0 aromatic heterocycles. The number of rotatable bonds is 4. The van der Waals surface area contributed by atoms with Gasteiger partial charge in [0.2, 0.25) is 0 Å². The summed E-state index contributed by atoms with van der Waals surface area (Å²) < 4.78 is 4.39. The molecule has 0 heterocycles. The molecule has 0 fully saturated rings. The lowest BCUT2D eigenvalue weighted by atomic mass is 10.5. The molecule has 76 valence electrons. The van der Waals surface area contributed by atoms with Gasteiger partial charge in [0.1, 0.15) is 0 Å². The fraction of sp³-hybridized carbons (Fsp3) is 0.600. The highest BCUT2D eigenvalue weighted by Crippen LogP contribution is 1.94. The molecular weight excluding hydrogens is 188 g/mol. The third-order valence-electron chi connectivity index (χ3n) is 0.567. The van der Waals surface area contributed by atoms with Crippen LogP contribution in [0.4, 0.5) is 9.59 Å². The molecule has 0 unspecified atom stereocenters. The normalized spacial score (nSPS) is 9.46. The second kappa shape index (κ2) is 6.03. The molecular formula is C5H8O8. The van der Waals surface area contributed by atoms with Crippen LogP contribution in [0.1, 0.15) is 13.8 Å². The highest BCUT2D eigenvalue weighted by atomic mass is 17.7. The number of carbonyl (C=O) groups excluding carboxylic acids is 1. The average Bonchev–Trinajstić information content (AvgIpc) is 1.96. The number of ether oxygens (including phenoxy) is 1. The first-order valence-corrected chi connectivity index (χ1v) is 3.13. The third kappa shape index (κ3) is 8.37. The smallest absolute Gasteiger partial charge is 0.448 e. The first kappa shape index (κ1) is 11.5. The van der Waals surface area contributed by atoms with E-state index in [2.05, 4.69) is 24.6 Å². The SMILES string of the molecule is CC(C)OC(=O)OOOOC(=O)O. The molecule has 0 spiro atoms. The van der Waals surface area contributed by atoms with Crippen molar-refractivity contribution in [1.82, 2.24) is 0 Å². The molecule has 0 bridgehead atoms. The summed E-state index contributed by atoms with van der Waals surface area (Å²) in [5.41, 5.74) is 0. The maximum atomic E-state index is 10.4. The van der Waals surface area contributed by atoms with Crippen molar-refractivity contribution >= 4 is 12.3 Å². The molecule has 0 rings (SSSR count). The number of hydrogen-bond acceptors (Lipinski definition) is 7. The predicted octanol–water partition coefficient (Wildman–Crippen LogP) is 1.02. The standard InChI is InChI=1S/C5H8O8/c1-3(2)9-5(8)11-13-12-10-4(6)7/h3H,1-2H3,(H,6,7). The summed E-state index contributed by atoms with van der Waals surface area (Å²) in [5.74, 6) is 0. The van der Waals surface area contributed by atoms with Crippen LogP contribution in [0.3, 0.4) is 0 Å². The molecule has 0 aromatic rings. The Kier molecular flexibility index (Phi) is 5.32. The van der Waals surface area contributed by atoms with E-state index in [-0.39, 0.29) is 0 Å². The van der Waals surface area contributed by atoms with Gasteiger partial charge in [-0.05, 0) is 13.8 Å². The van der Waals surface area contributed by atoms with E-state index < -0.39 is 18.4 Å². The Hall–Kier alpha value is -1.54. The Morgan fingerprint density at radius 1 is 1.15 bits per heavy atom. The van der Waals surface area contributed by atoms with Gasteiger partial charge in [-0.3, -0.25) is 0 Å². The van der Waals surface area contributed by atoms with Crippen molar-refractivity contribution in [3.63, 3.8) is 0 Å². The quantitative estimate of drug-likeness (QED) is 0.308. The van der Waals surface area contributed by atoms with Crippen LogP contribution in [-0.4, -0.2) is 23.5 Å². The van der Waals surface area contributed by atoms with Crippen LogP contribution < -0.4 is 0 Å². The van der Waals surface area contributed by atoms with Crippen molar-refractivity contribution in [1.29, 1.82) is 0 Å². The minimum atomic E-state index is -1.75. The van der Waals surface area contributed by atoms with Crippen molar-refractivity contribution in [3.05, 3.63) is 0 Å². The maximum absolute atomic E-state index is 10.4. The molecule has 0 aromatic carbocycles. The predicted molar refractivity (Wildman–Crippen MR) is 34.0 cm³/mol. The summed E-state index contributed by atoms with van der Waals surface area (Å²) >= 11 is 0. The van der Waals surface area contributed by atoms with Gasteiger partial charge in [-0.1, -0.05) is 0 Å². The second-order valence-corrected chi connectivity index (χ2v) is 1.99. The van der Waals surface area contributed by atoms with Crippen molar-refractivity contribution < 1.29 is 39.3 Å². The molecule has 0 saturated carbocycles. The van der Waals surface area contributed by atoms with E-state index in [1.165, 1.54) is 0 Å². The Bertz CT molecular complexity index is 175. The molecule has 0 aliphatic rings. The van der Waals surface area contributed by atoms with Gasteiger partial charge in [0.15, 0.2) is 0 Å². The van der Waals surface area contributed by atoms with Crippen LogP contribution in [0.25, 0.3) is 0 Å². The Labute approximate surface area is 72.7 Å². The van der Waals surface area contributed by atoms with Gasteiger partial charge in [-0.25, -0.2) is 19.4 Å². The number of hydrogen-bond donors (Lipinski definition) is 1. The van der Waals surface area contributed by atoms with Gasteiger partial charge in [-0.15, -0.1) is 0 Å². The minimum Gasteiger partial charge on any atom is -0.448 e. The van der Waals surface area contributed by atoms with Gasteiger partial charge >= 0.3 is 12.3 Å². The molecule has 0 aliphatic heterocycles. The van der Waals surface area contributed by atoms with Crippen LogP contribution in [0.2, 0.25) is 0 Å². The maximum Gasteiger partial charge on any atom is 0.542 e. The summed E-state index contributed by atoms with van der Waals surface area (Å²) in [6, 6.07) is 0. The summed E-state index contributed by atoms with van der Waals surface area (Å²) in [6.45, 7) is 3.16. The summed E-state index contributed by atoms with van der Waals surface area (Å²) in [5, 5.41) is 14.8. The van der Waals surface area contributed by atoms with Crippen LogP contribution in [-0.2, 0) is 24.6 Å². The van der Waals surface area contributed by atoms with Gasteiger partial charge in [0.25, 0.3) is 0 Å². The van der Waals surface area contributed by atoms with Crippen LogP contribution in [0.5, 0.6) is 0 Å². The monoisotopic (exact) mass is 196 g/mol. The molecule has 13 heavy (non-hydrogen) atoms. The molecule has 1 N–H and O–H groups in total. The van der Waals surface area contributed by atoms with Crippen molar-refractivity contribution in [2.45, 2.75) is 20.0 Å². The fourth-order valence-electron chi connectivity index (χ4n) is 0.297. The zero-order chi connectivity index (χ0) is 10.3. The fourth-order valence-corrected chi connectivity index (χ4v) is 0.297. The van der Waals surface area contributed by atoms with E-state index in [0.29, 0.717) is 0 Å². The molecule has 0 radical (unpaired) electrons. The first-order chi connectivity index (χ1) is 6.02. The molecule has 8 heteroatoms. The van der Waals surface area contributed by atoms with E-state index in [4.69, 9.17) is 5.11 Å². The van der Waals surface area contributed by atoms with Crippen LogP contribution in [0.15, 0.2) is 0 Å². The third-order valence-corrected chi connectivity index (χ3v) is 0.567. The molecule has 0 saturated heterocycles. The molecule has 0 aliphatic carbocycles. The highest BCUT2D eigenvalue weighted by molar-refractivity contribution is 5.59. The van der Waals surface area contributed by atoms with Crippen LogP contribution >= 0.6 is 0 Å². The minimum absolute atomic E-state index is 0.392. The van der Waals surface area contributed by atoms with E-state index >= 15 is 0 Å². The van der Waals surface area contributed by atoms with Crippen molar-refractivity contribution in [2.24, 2.45) is 0 Å². The van der Waals surface area contributed by atoms with E-state index in [1.807, 2.05) is 0 Å². The Morgan fingerprint density at radius 2 is 1.69 bits per heavy atom. The zero-order valence-corrected chi connectivity index (χ0v) is 6.88. The molecule has 8 nitrogen and oxygen atoms in total. The van der Waals surface area contributed by atoms with E-state index in [1.54, 1.807) is 13.8 Å². The summed E-state index contributed by atoms with van der Waals surface area (Å²) in [7, 11) is 0. The largest absolute Gasteiger partial charge is 0.542 e. The number of carbonyl (C=O) groups is 2. The Morgan fingerprint density at radius 3 is 2.15 bits per heavy atom.